The van der Waals surface area contributed by atoms with Crippen LogP contribution in [0.25, 0.3) is 113 Å². The Bertz CT molecular complexity index is 4480. The molecule has 2 nitrogen and oxygen atoms in total. The average Bonchev–Trinajstić information content (AvgIpc) is 4.20. The summed E-state index contributed by atoms with van der Waals surface area (Å²) in [6, 6.07) is 77.4. The zero-order valence-corrected chi connectivity index (χ0v) is 43.3. The predicted molar refractivity (Wildman–Crippen MR) is 319 cm³/mol. The first kappa shape index (κ1) is 43.8. The lowest BCUT2D eigenvalue weighted by Crippen LogP contribution is -2.17. The average molecular weight is 961 g/mol. The van der Waals surface area contributed by atoms with Crippen molar-refractivity contribution in [2.75, 3.05) is 0 Å². The van der Waals surface area contributed by atoms with Gasteiger partial charge >= 0.3 is 0 Å². The molecule has 0 spiro atoms. The molecule has 0 N–H and O–H groups in total. The highest BCUT2D eigenvalue weighted by molar-refractivity contribution is 6.11. The van der Waals surface area contributed by atoms with E-state index in [1.54, 1.807) is 0 Å². The van der Waals surface area contributed by atoms with E-state index >= 15 is 0 Å². The number of fused-ring (bicyclic) bond motifs is 15. The van der Waals surface area contributed by atoms with Crippen molar-refractivity contribution in [3.8, 4) is 44.8 Å². The summed E-state index contributed by atoms with van der Waals surface area (Å²) in [5, 5.41) is 5.08. The minimum absolute atomic E-state index is 0.0607. The zero-order valence-electron chi connectivity index (χ0n) is 43.3. The molecule has 3 aliphatic rings. The molecule has 15 rings (SSSR count). The van der Waals surface area contributed by atoms with Gasteiger partial charge in [0, 0.05) is 49.2 Å². The Balaban J connectivity index is 0.717. The molecule has 0 fully saturated rings. The fourth-order valence-electron chi connectivity index (χ4n) is 13.7. The molecule has 0 amide bonds. The summed E-state index contributed by atoms with van der Waals surface area (Å²) >= 11 is 0. The zero-order chi connectivity index (χ0) is 50.5. The Labute approximate surface area is 439 Å². The molecule has 0 saturated heterocycles. The number of rotatable bonds is 6. The second-order valence-corrected chi connectivity index (χ2v) is 23.0. The van der Waals surface area contributed by atoms with Crippen LogP contribution in [0.4, 0.5) is 0 Å². The number of benzene rings is 10. The van der Waals surface area contributed by atoms with Crippen molar-refractivity contribution in [1.29, 1.82) is 0 Å². The Hall–Kier alpha value is -8.72. The van der Waals surface area contributed by atoms with Crippen LogP contribution in [0.2, 0.25) is 0 Å². The number of aromatic nitrogens is 2. The summed E-state index contributed by atoms with van der Waals surface area (Å²) in [4.78, 5) is 0. The Morgan fingerprint density at radius 1 is 0.253 bits per heavy atom. The van der Waals surface area contributed by atoms with Crippen molar-refractivity contribution in [2.45, 2.75) is 57.8 Å². The number of para-hydroxylation sites is 3. The maximum atomic E-state index is 2.53. The third-order valence-corrected chi connectivity index (χ3v) is 17.7. The van der Waals surface area contributed by atoms with Gasteiger partial charge in [0.25, 0.3) is 0 Å². The Morgan fingerprint density at radius 3 is 1.19 bits per heavy atom. The van der Waals surface area contributed by atoms with E-state index in [9.17, 15) is 0 Å². The lowest BCUT2D eigenvalue weighted by Gasteiger charge is -2.24. The monoisotopic (exact) mass is 960 g/mol. The maximum absolute atomic E-state index is 2.53. The van der Waals surface area contributed by atoms with Crippen molar-refractivity contribution < 1.29 is 0 Å². The molecule has 358 valence electrons. The number of hydrogen-bond acceptors (Lipinski definition) is 0. The quantitative estimate of drug-likeness (QED) is 0.147. The fourth-order valence-corrected chi connectivity index (χ4v) is 13.7. The third kappa shape index (κ3) is 6.33. The largest absolute Gasteiger partial charge is 0.309 e. The van der Waals surface area contributed by atoms with E-state index in [1.807, 2.05) is 0 Å². The summed E-state index contributed by atoms with van der Waals surface area (Å²) in [6.45, 7) is 14.4. The van der Waals surface area contributed by atoms with Crippen molar-refractivity contribution in [3.63, 3.8) is 0 Å². The van der Waals surface area contributed by atoms with E-state index in [2.05, 4.69) is 281 Å². The van der Waals surface area contributed by atoms with E-state index < -0.39 is 0 Å². The molecule has 0 radical (unpaired) electrons. The molecule has 0 aliphatic heterocycles. The first-order valence-corrected chi connectivity index (χ1v) is 26.7. The maximum Gasteiger partial charge on any atom is 0.0541 e. The van der Waals surface area contributed by atoms with Gasteiger partial charge in [-0.3, -0.25) is 0 Å². The van der Waals surface area contributed by atoms with Crippen LogP contribution >= 0.6 is 0 Å². The van der Waals surface area contributed by atoms with Gasteiger partial charge in [-0.25, -0.2) is 0 Å². The molecule has 2 heterocycles. The topological polar surface area (TPSA) is 9.86 Å². The van der Waals surface area contributed by atoms with E-state index in [-0.39, 0.29) is 16.2 Å². The minimum Gasteiger partial charge on any atom is -0.309 e. The molecule has 0 atom stereocenters. The number of nitrogens with zero attached hydrogens (tertiary/aromatic N) is 2. The second-order valence-electron chi connectivity index (χ2n) is 23.0. The SMILES string of the molecule is CC1(C)c2ccccc2-c2ccc(-n3c4ccccc4c4cc(/C=C/c5ccc6c(c5)C(C)(C)c5cc7c(cc5-6)C(C)(C)c5cc(/C=C/c6ccc8c(c6)c6ccccc6n8-c6ccccc6)ccc5-7)ccc43)cc21. The first-order valence-electron chi connectivity index (χ1n) is 26.7. The highest BCUT2D eigenvalue weighted by Gasteiger charge is 2.42. The smallest absolute Gasteiger partial charge is 0.0541 e. The Morgan fingerprint density at radius 2 is 0.627 bits per heavy atom. The van der Waals surface area contributed by atoms with Crippen LogP contribution in [-0.2, 0) is 16.2 Å². The van der Waals surface area contributed by atoms with Crippen molar-refractivity contribution in [3.05, 3.63) is 262 Å². The molecule has 2 aromatic heterocycles. The van der Waals surface area contributed by atoms with Crippen LogP contribution in [-0.4, -0.2) is 9.13 Å². The number of hydrogen-bond donors (Lipinski definition) is 0. The minimum atomic E-state index is -0.149. The molecule has 0 unspecified atom stereocenters. The second kappa shape index (κ2) is 15.7. The molecular weight excluding hydrogens is 905 g/mol. The lowest BCUT2D eigenvalue weighted by atomic mass is 9.79. The molecule has 10 aromatic carbocycles. The van der Waals surface area contributed by atoms with E-state index in [0.29, 0.717) is 0 Å². The predicted octanol–water partition coefficient (Wildman–Crippen LogP) is 19.1. The summed E-state index contributed by atoms with van der Waals surface area (Å²) in [7, 11) is 0. The van der Waals surface area contributed by atoms with E-state index in [4.69, 9.17) is 0 Å². The standard InChI is InChI=1S/C73H56N2/c1-71(2)61-21-13-10-18-51(61)52-35-32-50(42-64(52)71)75-68-23-15-12-20-56(68)60-39-46(31-37-70(60)75)25-27-48-29-34-54-58-44-65-57(43-66(58)73(5,6)63(54)41-48)53-33-28-47(40-62(53)72(65,3)4)26-24-45-30-36-69-59(38-45)55-19-11-14-22-67(55)74(69)49-16-8-7-9-17-49/h7-44H,1-6H3/b26-24+,27-25+. The Kier molecular flexibility index (Phi) is 9.15. The fraction of sp³-hybridized carbons (Fsp3) is 0.123. The van der Waals surface area contributed by atoms with E-state index in [0.717, 1.165) is 0 Å². The van der Waals surface area contributed by atoms with Crippen LogP contribution in [0.1, 0.15) is 97.2 Å². The van der Waals surface area contributed by atoms with Crippen LogP contribution in [0, 0.1) is 0 Å². The van der Waals surface area contributed by atoms with Crippen molar-refractivity contribution in [2.24, 2.45) is 0 Å². The van der Waals surface area contributed by atoms with Gasteiger partial charge in [0.05, 0.1) is 22.1 Å². The summed E-state index contributed by atoms with van der Waals surface area (Å²) in [6.07, 6.45) is 9.15. The summed E-state index contributed by atoms with van der Waals surface area (Å²) < 4.78 is 4.83. The summed E-state index contributed by atoms with van der Waals surface area (Å²) in [5.74, 6) is 0. The molecule has 3 aliphatic carbocycles. The lowest BCUT2D eigenvalue weighted by molar-refractivity contribution is 0.652. The van der Waals surface area contributed by atoms with Crippen LogP contribution < -0.4 is 0 Å². The summed E-state index contributed by atoms with van der Waals surface area (Å²) in [5.41, 5.74) is 28.3. The normalized spacial score (nSPS) is 15.3. The molecule has 75 heavy (non-hydrogen) atoms. The highest BCUT2D eigenvalue weighted by atomic mass is 15.0. The van der Waals surface area contributed by atoms with Gasteiger partial charge in [-0.2, -0.15) is 0 Å². The first-order chi connectivity index (χ1) is 36.4. The molecule has 0 bridgehead atoms. The van der Waals surface area contributed by atoms with Gasteiger partial charge in [0.2, 0.25) is 0 Å². The van der Waals surface area contributed by atoms with Crippen molar-refractivity contribution in [1.82, 2.24) is 9.13 Å². The van der Waals surface area contributed by atoms with Crippen LogP contribution in [0.15, 0.2) is 206 Å². The van der Waals surface area contributed by atoms with Gasteiger partial charge < -0.3 is 9.13 Å². The van der Waals surface area contributed by atoms with E-state index in [1.165, 1.54) is 144 Å². The van der Waals surface area contributed by atoms with Gasteiger partial charge in [-0.1, -0.05) is 199 Å². The molecule has 0 saturated carbocycles. The van der Waals surface area contributed by atoms with Crippen LogP contribution in [0.5, 0.6) is 0 Å². The van der Waals surface area contributed by atoms with Gasteiger partial charge in [-0.15, -0.1) is 0 Å². The molecular formula is C73H56N2. The third-order valence-electron chi connectivity index (χ3n) is 17.7. The van der Waals surface area contributed by atoms with Gasteiger partial charge in [0.1, 0.15) is 0 Å². The van der Waals surface area contributed by atoms with Crippen LogP contribution in [0.3, 0.4) is 0 Å². The molecule has 12 aromatic rings. The van der Waals surface area contributed by atoms with Crippen molar-refractivity contribution >= 4 is 67.9 Å². The van der Waals surface area contributed by atoms with Gasteiger partial charge in [-0.05, 0) is 162 Å². The highest BCUT2D eigenvalue weighted by Crippen LogP contribution is 2.57. The molecule has 2 heteroatoms. The van der Waals surface area contributed by atoms with Gasteiger partial charge in [0.15, 0.2) is 0 Å².